The Morgan fingerprint density at radius 1 is 0.902 bits per heavy atom. The molecule has 0 saturated heterocycles. The number of carbonyl (C=O) groups excluding carboxylic acids is 4. The van der Waals surface area contributed by atoms with Gasteiger partial charge in [-0.1, -0.05) is 42.5 Å². The SMILES string of the molecule is CSCC[C@H](NC(=O)[C@H](Cc1ccccc1)NC(=O)CN(C)C(=O)CNC(=O)[C@@H](N)Cc1ccc(O)cc1)C(=O)O. The lowest BCUT2D eigenvalue weighted by atomic mass is 10.0. The summed E-state index contributed by atoms with van der Waals surface area (Å²) in [7, 11) is 1.37. The number of carboxylic acids is 1. The van der Waals surface area contributed by atoms with Gasteiger partial charge in [0.05, 0.1) is 19.1 Å². The minimum Gasteiger partial charge on any atom is -0.508 e. The Labute approximate surface area is 243 Å². The number of amides is 4. The number of aromatic hydroxyl groups is 1. The summed E-state index contributed by atoms with van der Waals surface area (Å²) < 4.78 is 0. The highest BCUT2D eigenvalue weighted by Gasteiger charge is 2.27. The van der Waals surface area contributed by atoms with Crippen LogP contribution in [0.15, 0.2) is 54.6 Å². The number of phenols is 1. The van der Waals surface area contributed by atoms with E-state index in [0.29, 0.717) is 5.75 Å². The Kier molecular flexibility index (Phi) is 13.6. The van der Waals surface area contributed by atoms with Crippen molar-refractivity contribution >= 4 is 41.4 Å². The third-order valence-corrected chi connectivity index (χ3v) is 6.75. The largest absolute Gasteiger partial charge is 0.508 e. The molecule has 13 heteroatoms. The number of benzene rings is 2. The van der Waals surface area contributed by atoms with Gasteiger partial charge in [-0.05, 0) is 48.1 Å². The summed E-state index contributed by atoms with van der Waals surface area (Å²) in [5.74, 6) is -2.96. The molecule has 0 aliphatic rings. The van der Waals surface area contributed by atoms with Crippen molar-refractivity contribution < 1.29 is 34.2 Å². The zero-order chi connectivity index (χ0) is 30.4. The molecule has 0 heterocycles. The molecule has 2 aromatic carbocycles. The first-order valence-corrected chi connectivity index (χ1v) is 14.3. The number of carboxylic acid groups (broad SMARTS) is 1. The molecule has 7 N–H and O–H groups in total. The van der Waals surface area contributed by atoms with Crippen LogP contribution in [0.3, 0.4) is 0 Å². The molecule has 0 saturated carbocycles. The molecule has 2 rings (SSSR count). The monoisotopic (exact) mass is 587 g/mol. The second-order valence-electron chi connectivity index (χ2n) is 9.44. The van der Waals surface area contributed by atoms with E-state index in [-0.39, 0.29) is 25.0 Å². The maximum Gasteiger partial charge on any atom is 0.326 e. The van der Waals surface area contributed by atoms with Gasteiger partial charge in [0.25, 0.3) is 0 Å². The first-order valence-electron chi connectivity index (χ1n) is 12.9. The minimum absolute atomic E-state index is 0.0899. The summed E-state index contributed by atoms with van der Waals surface area (Å²) in [4.78, 5) is 63.4. The third kappa shape index (κ3) is 11.9. The Morgan fingerprint density at radius 3 is 2.15 bits per heavy atom. The zero-order valence-electron chi connectivity index (χ0n) is 23.0. The predicted octanol–water partition coefficient (Wildman–Crippen LogP) is -0.113. The average Bonchev–Trinajstić information content (AvgIpc) is 2.94. The van der Waals surface area contributed by atoms with Crippen LogP contribution in [-0.2, 0) is 36.8 Å². The maximum atomic E-state index is 13.0. The molecule has 4 amide bonds. The lowest BCUT2D eigenvalue weighted by Gasteiger charge is -2.23. The van der Waals surface area contributed by atoms with Gasteiger partial charge in [-0.15, -0.1) is 0 Å². The highest BCUT2D eigenvalue weighted by atomic mass is 32.2. The molecule has 12 nitrogen and oxygen atoms in total. The standard InChI is InChI=1S/C28H37N5O7S/c1-33(25(36)16-30-26(37)21(29)14-19-8-10-20(34)11-9-19)17-24(35)31-23(15-18-6-4-3-5-7-18)27(38)32-22(28(39)40)12-13-41-2/h3-11,21-23,34H,12-17,29H2,1-2H3,(H,30,37)(H,31,35)(H,32,38)(H,39,40)/t21-,22-,23-/m0/s1. The first kappa shape index (κ1) is 33.1. The lowest BCUT2D eigenvalue weighted by Crippen LogP contribution is -2.54. The van der Waals surface area contributed by atoms with Crippen molar-refractivity contribution in [2.45, 2.75) is 37.4 Å². The van der Waals surface area contributed by atoms with Crippen LogP contribution in [0, 0.1) is 0 Å². The van der Waals surface area contributed by atoms with E-state index in [1.807, 2.05) is 6.26 Å². The summed E-state index contributed by atoms with van der Waals surface area (Å²) in [5, 5.41) is 26.4. The van der Waals surface area contributed by atoms with Crippen molar-refractivity contribution in [3.63, 3.8) is 0 Å². The summed E-state index contributed by atoms with van der Waals surface area (Å²) in [6.45, 7) is -0.794. The Hall–Kier alpha value is -4.10. The van der Waals surface area contributed by atoms with Crippen LogP contribution in [0.25, 0.3) is 0 Å². The van der Waals surface area contributed by atoms with Gasteiger partial charge >= 0.3 is 5.97 Å². The first-order chi connectivity index (χ1) is 19.5. The van der Waals surface area contributed by atoms with E-state index in [0.717, 1.165) is 16.0 Å². The number of likely N-dealkylation sites (N-methyl/N-ethyl adjacent to an activating group) is 1. The Balaban J connectivity index is 1.94. The highest BCUT2D eigenvalue weighted by Crippen LogP contribution is 2.11. The molecule has 0 aliphatic carbocycles. The summed E-state index contributed by atoms with van der Waals surface area (Å²) in [6.07, 6.45) is 2.35. The van der Waals surface area contributed by atoms with Crippen LogP contribution in [-0.4, -0.2) is 95.0 Å². The van der Waals surface area contributed by atoms with Gasteiger partial charge in [-0.3, -0.25) is 19.2 Å². The van der Waals surface area contributed by atoms with E-state index in [4.69, 9.17) is 5.73 Å². The number of rotatable bonds is 16. The van der Waals surface area contributed by atoms with Crippen molar-refractivity contribution in [2.75, 3.05) is 32.1 Å². The Morgan fingerprint density at radius 2 is 1.54 bits per heavy atom. The maximum absolute atomic E-state index is 13.0. The summed E-state index contributed by atoms with van der Waals surface area (Å²) >= 11 is 1.45. The van der Waals surface area contributed by atoms with Gasteiger partial charge in [-0.25, -0.2) is 4.79 Å². The van der Waals surface area contributed by atoms with Crippen molar-refractivity contribution in [3.05, 3.63) is 65.7 Å². The fourth-order valence-electron chi connectivity index (χ4n) is 3.78. The van der Waals surface area contributed by atoms with Gasteiger partial charge in [0.1, 0.15) is 17.8 Å². The lowest BCUT2D eigenvalue weighted by molar-refractivity contribution is -0.142. The van der Waals surface area contributed by atoms with Crippen LogP contribution in [0.4, 0.5) is 0 Å². The van der Waals surface area contributed by atoms with Gasteiger partial charge in [0.2, 0.25) is 23.6 Å². The molecule has 0 bridgehead atoms. The number of phenolic OH excluding ortho intramolecular Hbond substituents is 1. The van der Waals surface area contributed by atoms with Crippen molar-refractivity contribution in [2.24, 2.45) is 5.73 Å². The molecule has 0 unspecified atom stereocenters. The van der Waals surface area contributed by atoms with Gasteiger partial charge in [-0.2, -0.15) is 11.8 Å². The second-order valence-corrected chi connectivity index (χ2v) is 10.4. The van der Waals surface area contributed by atoms with Crippen molar-refractivity contribution in [1.29, 1.82) is 0 Å². The second kappa shape index (κ2) is 16.9. The highest BCUT2D eigenvalue weighted by molar-refractivity contribution is 7.98. The summed E-state index contributed by atoms with van der Waals surface area (Å²) in [5.41, 5.74) is 7.40. The van der Waals surface area contributed by atoms with E-state index < -0.39 is 60.8 Å². The molecule has 222 valence electrons. The van der Waals surface area contributed by atoms with E-state index in [9.17, 15) is 34.2 Å². The number of nitrogens with two attached hydrogens (primary N) is 1. The van der Waals surface area contributed by atoms with E-state index >= 15 is 0 Å². The number of aliphatic carboxylic acids is 1. The Bertz CT molecular complexity index is 1180. The smallest absolute Gasteiger partial charge is 0.326 e. The quantitative estimate of drug-likeness (QED) is 0.155. The minimum atomic E-state index is -1.17. The number of hydrogen-bond acceptors (Lipinski definition) is 8. The van der Waals surface area contributed by atoms with Gasteiger partial charge in [0, 0.05) is 13.5 Å². The molecule has 41 heavy (non-hydrogen) atoms. The molecule has 3 atom stereocenters. The van der Waals surface area contributed by atoms with Gasteiger partial charge in [0.15, 0.2) is 0 Å². The number of carbonyl (C=O) groups is 5. The number of nitrogens with one attached hydrogen (secondary N) is 3. The fraction of sp³-hybridized carbons (Fsp3) is 0.393. The molecule has 0 aromatic heterocycles. The molecule has 0 aliphatic heterocycles. The van der Waals surface area contributed by atoms with Crippen LogP contribution >= 0.6 is 11.8 Å². The van der Waals surface area contributed by atoms with Crippen LogP contribution in [0.2, 0.25) is 0 Å². The predicted molar refractivity (Wildman–Crippen MR) is 155 cm³/mol. The summed E-state index contributed by atoms with van der Waals surface area (Å²) in [6, 6.07) is 12.0. The van der Waals surface area contributed by atoms with E-state index in [1.54, 1.807) is 42.5 Å². The molecular weight excluding hydrogens is 550 g/mol. The average molecular weight is 588 g/mol. The zero-order valence-corrected chi connectivity index (χ0v) is 23.9. The molecular formula is C28H37N5O7S. The molecule has 2 aromatic rings. The normalized spacial score (nSPS) is 12.9. The molecule has 0 spiro atoms. The van der Waals surface area contributed by atoms with Crippen LogP contribution in [0.1, 0.15) is 17.5 Å². The topological polar surface area (TPSA) is 191 Å². The van der Waals surface area contributed by atoms with Crippen molar-refractivity contribution in [3.8, 4) is 5.75 Å². The third-order valence-electron chi connectivity index (χ3n) is 6.11. The van der Waals surface area contributed by atoms with E-state index in [1.165, 1.54) is 30.9 Å². The van der Waals surface area contributed by atoms with Crippen LogP contribution in [0.5, 0.6) is 5.75 Å². The van der Waals surface area contributed by atoms with Gasteiger partial charge < -0.3 is 36.8 Å². The fourth-order valence-corrected chi connectivity index (χ4v) is 4.25. The van der Waals surface area contributed by atoms with Crippen LogP contribution < -0.4 is 21.7 Å². The number of hydrogen-bond donors (Lipinski definition) is 6. The number of thioether (sulfide) groups is 1. The van der Waals surface area contributed by atoms with E-state index in [2.05, 4.69) is 16.0 Å². The molecule has 0 radical (unpaired) electrons. The molecule has 0 fully saturated rings. The number of nitrogens with zero attached hydrogens (tertiary/aromatic N) is 1. The van der Waals surface area contributed by atoms with Crippen molar-refractivity contribution in [1.82, 2.24) is 20.9 Å².